The van der Waals surface area contributed by atoms with E-state index >= 15 is 0 Å². The average Bonchev–Trinajstić information content (AvgIpc) is 3.22. The van der Waals surface area contributed by atoms with Crippen LogP contribution in [0.4, 0.5) is 0 Å². The molecule has 0 heterocycles. The molecule has 1 fully saturated rings. The van der Waals surface area contributed by atoms with Gasteiger partial charge < -0.3 is 39.9 Å². The zero-order valence-corrected chi connectivity index (χ0v) is 38.2. The van der Waals surface area contributed by atoms with E-state index in [4.69, 9.17) is 18.5 Å². The van der Waals surface area contributed by atoms with Gasteiger partial charge in [0, 0.05) is 13.0 Å². The summed E-state index contributed by atoms with van der Waals surface area (Å²) >= 11 is 0. The highest BCUT2D eigenvalue weighted by Crippen LogP contribution is 2.47. The number of carbonyl (C=O) groups is 1. The van der Waals surface area contributed by atoms with Crippen LogP contribution in [0.2, 0.25) is 0 Å². The van der Waals surface area contributed by atoms with Gasteiger partial charge in [-0.05, 0) is 38.5 Å². The number of hydrogen-bond donors (Lipinski definition) is 6. The van der Waals surface area contributed by atoms with Crippen molar-refractivity contribution in [2.75, 3.05) is 19.8 Å². The molecule has 0 aromatic carbocycles. The number of phosphoric acid groups is 1. The Labute approximate surface area is 358 Å². The number of aliphatic hydroxyl groups is 5. The van der Waals surface area contributed by atoms with Gasteiger partial charge in [0.2, 0.25) is 0 Å². The molecular formula is C46H89O12P. The molecule has 0 aliphatic heterocycles. The van der Waals surface area contributed by atoms with Gasteiger partial charge in [-0.25, -0.2) is 4.57 Å². The van der Waals surface area contributed by atoms with Gasteiger partial charge in [-0.1, -0.05) is 180 Å². The summed E-state index contributed by atoms with van der Waals surface area (Å²) in [7, 11) is -5.01. The predicted octanol–water partition coefficient (Wildman–Crippen LogP) is 9.92. The number of carbonyl (C=O) groups excluding carboxylic acids is 1. The van der Waals surface area contributed by atoms with E-state index in [9.17, 15) is 39.8 Å². The molecule has 350 valence electrons. The molecule has 1 rings (SSSR count). The molecule has 0 spiro atoms. The van der Waals surface area contributed by atoms with Crippen LogP contribution in [0.3, 0.4) is 0 Å². The van der Waals surface area contributed by atoms with E-state index in [-0.39, 0.29) is 13.0 Å². The maximum Gasteiger partial charge on any atom is 0.472 e. The van der Waals surface area contributed by atoms with Crippen molar-refractivity contribution < 1.29 is 58.3 Å². The van der Waals surface area contributed by atoms with Crippen LogP contribution >= 0.6 is 7.82 Å². The number of aliphatic hydroxyl groups excluding tert-OH is 5. The molecule has 0 radical (unpaired) electrons. The normalized spacial score (nSPS) is 22.5. The minimum absolute atomic E-state index is 0.0742. The van der Waals surface area contributed by atoms with Gasteiger partial charge in [0.25, 0.3) is 0 Å². The third-order valence-corrected chi connectivity index (χ3v) is 12.4. The second kappa shape index (κ2) is 37.6. The molecule has 0 saturated heterocycles. The standard InChI is InChI=1S/C46H89O12P/c1-3-5-7-9-11-13-15-17-18-19-20-21-22-24-26-28-30-32-34-36-55-37-39(38-56-59(53,54)58-46-44(51)42(49)41(48)43(50)45(46)52)57-40(47)35-33-31-29-27-25-23-16-14-12-10-8-6-4-2/h14,16,39,41-46,48-52H,3-13,15,17-38H2,1-2H3,(H,53,54)/b16-14-. The fraction of sp³-hybridized carbons (Fsp3) is 0.935. The Morgan fingerprint density at radius 2 is 0.898 bits per heavy atom. The minimum Gasteiger partial charge on any atom is -0.457 e. The van der Waals surface area contributed by atoms with Gasteiger partial charge in [-0.15, -0.1) is 0 Å². The summed E-state index contributed by atoms with van der Waals surface area (Å²) < 4.78 is 34.2. The SMILES string of the molecule is CCCCCC/C=C\CCCCCCCC(=O)OC(COCCCCCCCCCCCCCCCCCCCCC)COP(=O)(O)OC1C(O)C(O)C(O)C(O)C1O. The molecule has 1 saturated carbocycles. The van der Waals surface area contributed by atoms with Crippen LogP contribution in [0.5, 0.6) is 0 Å². The maximum atomic E-state index is 12.8. The highest BCUT2D eigenvalue weighted by Gasteiger charge is 2.51. The molecule has 6 N–H and O–H groups in total. The van der Waals surface area contributed by atoms with Crippen molar-refractivity contribution in [3.05, 3.63) is 12.2 Å². The summed E-state index contributed by atoms with van der Waals surface area (Å²) in [5.74, 6) is -0.483. The summed E-state index contributed by atoms with van der Waals surface area (Å²) in [5, 5.41) is 50.2. The van der Waals surface area contributed by atoms with Gasteiger partial charge in [-0.3, -0.25) is 13.8 Å². The maximum absolute atomic E-state index is 12.8. The van der Waals surface area contributed by atoms with Crippen molar-refractivity contribution in [2.45, 2.75) is 256 Å². The molecule has 6 unspecified atom stereocenters. The van der Waals surface area contributed by atoms with E-state index in [1.807, 2.05) is 0 Å². The first kappa shape index (κ1) is 56.1. The third-order valence-electron chi connectivity index (χ3n) is 11.4. The lowest BCUT2D eigenvalue weighted by atomic mass is 9.85. The first-order valence-electron chi connectivity index (χ1n) is 24.0. The molecule has 0 amide bonds. The Kier molecular flexibility index (Phi) is 35.8. The molecule has 1 aliphatic carbocycles. The summed E-state index contributed by atoms with van der Waals surface area (Å²) in [4.78, 5) is 23.1. The molecular weight excluding hydrogens is 775 g/mol. The molecule has 0 bridgehead atoms. The van der Waals surface area contributed by atoms with Crippen molar-refractivity contribution in [1.29, 1.82) is 0 Å². The predicted molar refractivity (Wildman–Crippen MR) is 235 cm³/mol. The van der Waals surface area contributed by atoms with Crippen molar-refractivity contribution in [3.8, 4) is 0 Å². The van der Waals surface area contributed by atoms with E-state index in [1.54, 1.807) is 0 Å². The van der Waals surface area contributed by atoms with Crippen LogP contribution in [0.25, 0.3) is 0 Å². The smallest absolute Gasteiger partial charge is 0.457 e. The van der Waals surface area contributed by atoms with Crippen LogP contribution in [0, 0.1) is 0 Å². The monoisotopic (exact) mass is 865 g/mol. The number of ether oxygens (including phenoxy) is 2. The van der Waals surface area contributed by atoms with Crippen LogP contribution in [0.15, 0.2) is 12.2 Å². The number of hydrogen-bond acceptors (Lipinski definition) is 11. The number of unbranched alkanes of at least 4 members (excludes halogenated alkanes) is 27. The Bertz CT molecular complexity index is 1030. The largest absolute Gasteiger partial charge is 0.472 e. The van der Waals surface area contributed by atoms with E-state index < -0.39 is 63.1 Å². The molecule has 59 heavy (non-hydrogen) atoms. The zero-order chi connectivity index (χ0) is 43.4. The Balaban J connectivity index is 2.35. The van der Waals surface area contributed by atoms with E-state index in [2.05, 4.69) is 26.0 Å². The summed E-state index contributed by atoms with van der Waals surface area (Å²) in [6.07, 6.45) is 28.5. The average molecular weight is 865 g/mol. The first-order valence-corrected chi connectivity index (χ1v) is 25.5. The topological polar surface area (TPSA) is 192 Å². The molecule has 0 aromatic heterocycles. The lowest BCUT2D eigenvalue weighted by molar-refractivity contribution is -0.220. The summed E-state index contributed by atoms with van der Waals surface area (Å²) in [5.41, 5.74) is 0. The van der Waals surface area contributed by atoms with Crippen molar-refractivity contribution >= 4 is 13.8 Å². The van der Waals surface area contributed by atoms with Crippen LogP contribution < -0.4 is 0 Å². The Morgan fingerprint density at radius 3 is 1.36 bits per heavy atom. The number of esters is 1. The van der Waals surface area contributed by atoms with Crippen molar-refractivity contribution in [2.24, 2.45) is 0 Å². The lowest BCUT2D eigenvalue weighted by Gasteiger charge is -2.41. The highest BCUT2D eigenvalue weighted by atomic mass is 31.2. The summed E-state index contributed by atoms with van der Waals surface area (Å²) in [6.45, 7) is 4.26. The molecule has 6 atom stereocenters. The van der Waals surface area contributed by atoms with Gasteiger partial charge in [-0.2, -0.15) is 0 Å². The van der Waals surface area contributed by atoms with E-state index in [1.165, 1.54) is 128 Å². The van der Waals surface area contributed by atoms with Gasteiger partial charge in [0.05, 0.1) is 13.2 Å². The van der Waals surface area contributed by atoms with Crippen molar-refractivity contribution in [3.63, 3.8) is 0 Å². The quantitative estimate of drug-likeness (QED) is 0.0148. The summed E-state index contributed by atoms with van der Waals surface area (Å²) in [6, 6.07) is 0. The third kappa shape index (κ3) is 29.9. The molecule has 0 aromatic rings. The fourth-order valence-corrected chi connectivity index (χ4v) is 8.50. The van der Waals surface area contributed by atoms with E-state index in [0.29, 0.717) is 13.0 Å². The molecule has 13 heteroatoms. The van der Waals surface area contributed by atoms with Gasteiger partial charge in [0.1, 0.15) is 42.7 Å². The van der Waals surface area contributed by atoms with Crippen molar-refractivity contribution in [1.82, 2.24) is 0 Å². The number of allylic oxidation sites excluding steroid dienone is 2. The second-order valence-electron chi connectivity index (χ2n) is 17.0. The minimum atomic E-state index is -5.01. The van der Waals surface area contributed by atoms with Gasteiger partial charge >= 0.3 is 13.8 Å². The lowest BCUT2D eigenvalue weighted by Crippen LogP contribution is -2.64. The first-order chi connectivity index (χ1) is 28.5. The van der Waals surface area contributed by atoms with E-state index in [0.717, 1.165) is 57.8 Å². The second-order valence-corrected chi connectivity index (χ2v) is 18.4. The number of rotatable bonds is 41. The fourth-order valence-electron chi connectivity index (χ4n) is 7.53. The number of phosphoric ester groups is 1. The Hall–Kier alpha value is -0.920. The highest BCUT2D eigenvalue weighted by molar-refractivity contribution is 7.47. The zero-order valence-electron chi connectivity index (χ0n) is 37.3. The van der Waals surface area contributed by atoms with Gasteiger partial charge in [0.15, 0.2) is 0 Å². The Morgan fingerprint density at radius 1 is 0.525 bits per heavy atom. The molecule has 12 nitrogen and oxygen atoms in total. The van der Waals surface area contributed by atoms with Crippen LogP contribution in [-0.2, 0) is 27.9 Å². The van der Waals surface area contributed by atoms with Crippen LogP contribution in [0.1, 0.15) is 213 Å². The van der Waals surface area contributed by atoms with Crippen LogP contribution in [-0.4, -0.2) is 98.9 Å². The molecule has 1 aliphatic rings.